The summed E-state index contributed by atoms with van der Waals surface area (Å²) in [7, 11) is 0. The lowest BCUT2D eigenvalue weighted by molar-refractivity contribution is -0.141. The van der Waals surface area contributed by atoms with E-state index in [1.54, 1.807) is 0 Å². The second-order valence-corrected chi connectivity index (χ2v) is 4.05. The highest BCUT2D eigenvalue weighted by Gasteiger charge is 2.09. The molecule has 0 unspecified atom stereocenters. The van der Waals surface area contributed by atoms with Crippen LogP contribution in [-0.4, -0.2) is 62.6 Å². The molecule has 0 spiro atoms. The van der Waals surface area contributed by atoms with Crippen LogP contribution in [0.4, 0.5) is 0 Å². The van der Waals surface area contributed by atoms with Gasteiger partial charge in [-0.1, -0.05) is 0 Å². The van der Waals surface area contributed by atoms with E-state index >= 15 is 0 Å². The zero-order chi connectivity index (χ0) is 12.5. The van der Waals surface area contributed by atoms with Crippen LogP contribution >= 0.6 is 0 Å². The van der Waals surface area contributed by atoms with Gasteiger partial charge in [-0.3, -0.25) is 14.7 Å². The molecule has 1 aliphatic rings. The summed E-state index contributed by atoms with van der Waals surface area (Å²) in [5, 5.41) is 0. The third-order valence-electron chi connectivity index (χ3n) is 2.61. The number of esters is 1. The summed E-state index contributed by atoms with van der Waals surface area (Å²) in [5.74, 6) is -0.194. The molecule has 0 radical (unpaired) electrons. The maximum Gasteiger partial charge on any atom is 0.311 e. The quantitative estimate of drug-likeness (QED) is 0.509. The standard InChI is InChI=1S/C12H22N2O3/c1-3-17-12(15)10-11(2)13-4-5-14-6-8-16-9-7-14/h3-10H2,1-2H3. The summed E-state index contributed by atoms with van der Waals surface area (Å²) in [6.45, 7) is 9.36. The van der Waals surface area contributed by atoms with Crippen LogP contribution in [0.1, 0.15) is 20.3 Å². The molecule has 0 aromatic heterocycles. The van der Waals surface area contributed by atoms with Crippen LogP contribution in [0, 0.1) is 0 Å². The third kappa shape index (κ3) is 6.38. The van der Waals surface area contributed by atoms with Crippen LogP contribution in [0.3, 0.4) is 0 Å². The van der Waals surface area contributed by atoms with Crippen LogP contribution in [0.2, 0.25) is 0 Å². The van der Waals surface area contributed by atoms with E-state index in [4.69, 9.17) is 9.47 Å². The highest BCUT2D eigenvalue weighted by molar-refractivity contribution is 5.97. The summed E-state index contributed by atoms with van der Waals surface area (Å²) >= 11 is 0. The van der Waals surface area contributed by atoms with Crippen LogP contribution in [0.5, 0.6) is 0 Å². The molecule has 0 N–H and O–H groups in total. The number of ether oxygens (including phenoxy) is 2. The number of carbonyl (C=O) groups excluding carboxylic acids is 1. The van der Waals surface area contributed by atoms with Crippen molar-refractivity contribution in [1.82, 2.24) is 4.90 Å². The second kappa shape index (κ2) is 8.20. The summed E-state index contributed by atoms with van der Waals surface area (Å²) in [4.78, 5) is 17.9. The summed E-state index contributed by atoms with van der Waals surface area (Å²) in [5.41, 5.74) is 0.844. The van der Waals surface area contributed by atoms with Gasteiger partial charge in [0.15, 0.2) is 0 Å². The van der Waals surface area contributed by atoms with E-state index in [1.165, 1.54) is 0 Å². The number of nitrogens with zero attached hydrogens (tertiary/aromatic N) is 2. The van der Waals surface area contributed by atoms with Gasteiger partial charge in [-0.25, -0.2) is 0 Å². The van der Waals surface area contributed by atoms with Crippen molar-refractivity contribution in [1.29, 1.82) is 0 Å². The van der Waals surface area contributed by atoms with Gasteiger partial charge in [-0.15, -0.1) is 0 Å². The fraction of sp³-hybridized carbons (Fsp3) is 0.833. The van der Waals surface area contributed by atoms with E-state index < -0.39 is 0 Å². The van der Waals surface area contributed by atoms with Crippen molar-refractivity contribution in [3.63, 3.8) is 0 Å². The van der Waals surface area contributed by atoms with Gasteiger partial charge in [-0.2, -0.15) is 0 Å². The SMILES string of the molecule is CCOC(=O)CC(C)=NCCN1CCOCC1. The minimum absolute atomic E-state index is 0.194. The number of hydrogen-bond donors (Lipinski definition) is 0. The largest absolute Gasteiger partial charge is 0.466 e. The molecule has 1 fully saturated rings. The van der Waals surface area contributed by atoms with E-state index in [-0.39, 0.29) is 5.97 Å². The molecular formula is C12H22N2O3. The summed E-state index contributed by atoms with van der Waals surface area (Å²) < 4.78 is 10.1. The van der Waals surface area contributed by atoms with Gasteiger partial charge in [0.2, 0.25) is 0 Å². The van der Waals surface area contributed by atoms with Crippen LogP contribution in [0.15, 0.2) is 4.99 Å². The van der Waals surface area contributed by atoms with E-state index in [0.717, 1.165) is 45.1 Å². The third-order valence-corrected chi connectivity index (χ3v) is 2.61. The molecule has 1 rings (SSSR count). The Kier molecular flexibility index (Phi) is 6.81. The van der Waals surface area contributed by atoms with E-state index in [0.29, 0.717) is 13.0 Å². The zero-order valence-electron chi connectivity index (χ0n) is 10.8. The molecule has 1 saturated heterocycles. The molecule has 1 aliphatic heterocycles. The Hall–Kier alpha value is -0.940. The zero-order valence-corrected chi connectivity index (χ0v) is 10.8. The number of carbonyl (C=O) groups is 1. The smallest absolute Gasteiger partial charge is 0.311 e. The van der Waals surface area contributed by atoms with Crippen molar-refractivity contribution in [2.24, 2.45) is 4.99 Å². The first-order valence-electron chi connectivity index (χ1n) is 6.18. The average Bonchev–Trinajstić information content (AvgIpc) is 2.30. The fourth-order valence-corrected chi connectivity index (χ4v) is 1.68. The number of hydrogen-bond acceptors (Lipinski definition) is 5. The van der Waals surface area contributed by atoms with E-state index in [9.17, 15) is 4.79 Å². The Labute approximate surface area is 103 Å². The van der Waals surface area contributed by atoms with Gasteiger partial charge in [0.1, 0.15) is 0 Å². The molecular weight excluding hydrogens is 220 g/mol. The average molecular weight is 242 g/mol. The van der Waals surface area contributed by atoms with Gasteiger partial charge in [0.05, 0.1) is 32.8 Å². The molecule has 5 heteroatoms. The topological polar surface area (TPSA) is 51.1 Å². The molecule has 0 aromatic rings. The van der Waals surface area contributed by atoms with Crippen LogP contribution in [0.25, 0.3) is 0 Å². The first-order valence-corrected chi connectivity index (χ1v) is 6.18. The number of rotatable bonds is 6. The molecule has 98 valence electrons. The summed E-state index contributed by atoms with van der Waals surface area (Å²) in [6, 6.07) is 0. The second-order valence-electron chi connectivity index (χ2n) is 4.05. The molecule has 0 bridgehead atoms. The highest BCUT2D eigenvalue weighted by Crippen LogP contribution is 1.97. The Balaban J connectivity index is 2.15. The Morgan fingerprint density at radius 2 is 2.12 bits per heavy atom. The van der Waals surface area contributed by atoms with Gasteiger partial charge in [0, 0.05) is 25.3 Å². The van der Waals surface area contributed by atoms with Gasteiger partial charge < -0.3 is 9.47 Å². The van der Waals surface area contributed by atoms with Gasteiger partial charge >= 0.3 is 5.97 Å². The molecule has 0 aliphatic carbocycles. The van der Waals surface area contributed by atoms with Crippen LogP contribution in [-0.2, 0) is 14.3 Å². The lowest BCUT2D eigenvalue weighted by Crippen LogP contribution is -2.37. The molecule has 5 nitrogen and oxygen atoms in total. The molecule has 17 heavy (non-hydrogen) atoms. The molecule has 0 saturated carbocycles. The number of morpholine rings is 1. The maximum absolute atomic E-state index is 11.2. The minimum atomic E-state index is -0.194. The first-order chi connectivity index (χ1) is 8.22. The highest BCUT2D eigenvalue weighted by atomic mass is 16.5. The van der Waals surface area contributed by atoms with Crippen LogP contribution < -0.4 is 0 Å². The lowest BCUT2D eigenvalue weighted by atomic mass is 10.3. The van der Waals surface area contributed by atoms with Crippen molar-refractivity contribution in [3.8, 4) is 0 Å². The van der Waals surface area contributed by atoms with Crippen molar-refractivity contribution < 1.29 is 14.3 Å². The first kappa shape index (κ1) is 14.1. The van der Waals surface area contributed by atoms with Crippen molar-refractivity contribution >= 4 is 11.7 Å². The monoisotopic (exact) mass is 242 g/mol. The van der Waals surface area contributed by atoms with Crippen molar-refractivity contribution in [3.05, 3.63) is 0 Å². The minimum Gasteiger partial charge on any atom is -0.466 e. The van der Waals surface area contributed by atoms with Crippen molar-refractivity contribution in [2.75, 3.05) is 46.0 Å². The van der Waals surface area contributed by atoms with Gasteiger partial charge in [-0.05, 0) is 13.8 Å². The predicted octanol–water partition coefficient (Wildman–Crippen LogP) is 0.733. The Bertz CT molecular complexity index is 260. The molecule has 0 amide bonds. The molecule has 1 heterocycles. The van der Waals surface area contributed by atoms with Crippen molar-refractivity contribution in [2.45, 2.75) is 20.3 Å². The maximum atomic E-state index is 11.2. The normalized spacial score (nSPS) is 18.1. The fourth-order valence-electron chi connectivity index (χ4n) is 1.68. The molecule has 0 atom stereocenters. The van der Waals surface area contributed by atoms with E-state index in [1.807, 2.05) is 13.8 Å². The predicted molar refractivity (Wildman–Crippen MR) is 66.5 cm³/mol. The van der Waals surface area contributed by atoms with E-state index in [2.05, 4.69) is 9.89 Å². The summed E-state index contributed by atoms with van der Waals surface area (Å²) in [6.07, 6.45) is 0.303. The Morgan fingerprint density at radius 3 is 2.76 bits per heavy atom. The van der Waals surface area contributed by atoms with Gasteiger partial charge in [0.25, 0.3) is 0 Å². The molecule has 0 aromatic carbocycles. The Morgan fingerprint density at radius 1 is 1.41 bits per heavy atom. The number of aliphatic imine (C=N–C) groups is 1. The lowest BCUT2D eigenvalue weighted by Gasteiger charge is -2.25.